The molecule has 0 saturated heterocycles. The largest absolute Gasteiger partial charge is 0.461 e. The van der Waals surface area contributed by atoms with Crippen LogP contribution >= 0.6 is 0 Å². The van der Waals surface area contributed by atoms with Crippen molar-refractivity contribution < 1.29 is 19.1 Å². The monoisotopic (exact) mass is 225 g/mol. The summed E-state index contributed by atoms with van der Waals surface area (Å²) in [6.07, 6.45) is 0. The van der Waals surface area contributed by atoms with Crippen LogP contribution in [0, 0.1) is 6.92 Å². The Morgan fingerprint density at radius 3 is 2.31 bits per heavy atom. The van der Waals surface area contributed by atoms with Gasteiger partial charge in [-0.1, -0.05) is 0 Å². The molecule has 0 aliphatic rings. The van der Waals surface area contributed by atoms with Crippen molar-refractivity contribution >= 4 is 11.9 Å². The van der Waals surface area contributed by atoms with E-state index in [1.165, 1.54) is 0 Å². The fourth-order valence-electron chi connectivity index (χ4n) is 1.29. The molecule has 0 amide bonds. The van der Waals surface area contributed by atoms with E-state index in [1.807, 2.05) is 0 Å². The number of ether oxygens (including phenoxy) is 2. The van der Waals surface area contributed by atoms with Gasteiger partial charge in [-0.3, -0.25) is 0 Å². The second kappa shape index (κ2) is 5.34. The maximum atomic E-state index is 11.5. The van der Waals surface area contributed by atoms with Crippen LogP contribution in [-0.2, 0) is 9.47 Å². The Morgan fingerprint density at radius 2 is 1.75 bits per heavy atom. The maximum absolute atomic E-state index is 11.5. The number of aromatic amines is 1. The van der Waals surface area contributed by atoms with Crippen LogP contribution in [-0.4, -0.2) is 30.1 Å². The minimum absolute atomic E-state index is 0.266. The highest BCUT2D eigenvalue weighted by molar-refractivity contribution is 5.94. The lowest BCUT2D eigenvalue weighted by Gasteiger charge is -2.00. The number of H-pyrrole nitrogens is 1. The first kappa shape index (κ1) is 12.3. The molecule has 1 aromatic heterocycles. The van der Waals surface area contributed by atoms with Gasteiger partial charge >= 0.3 is 11.9 Å². The lowest BCUT2D eigenvalue weighted by Crippen LogP contribution is -2.08. The molecule has 1 heterocycles. The molecule has 0 radical (unpaired) electrons. The summed E-state index contributed by atoms with van der Waals surface area (Å²) in [5.41, 5.74) is 1.23. The van der Waals surface area contributed by atoms with E-state index in [4.69, 9.17) is 9.47 Å². The number of aryl methyl sites for hydroxylation is 1. The van der Waals surface area contributed by atoms with Gasteiger partial charge in [0.05, 0.1) is 13.2 Å². The Hall–Kier alpha value is -1.78. The Bertz CT molecular complexity index is 395. The SMILES string of the molecule is CCOC(=O)c1cc(C)c(C(=O)OCC)[nH]1. The van der Waals surface area contributed by atoms with Gasteiger partial charge in [0.15, 0.2) is 0 Å². The molecule has 0 atom stereocenters. The zero-order chi connectivity index (χ0) is 12.1. The minimum atomic E-state index is -0.471. The summed E-state index contributed by atoms with van der Waals surface area (Å²) in [6, 6.07) is 1.57. The fraction of sp³-hybridized carbons (Fsp3) is 0.455. The molecule has 1 aromatic rings. The number of hydrogen-bond donors (Lipinski definition) is 1. The normalized spacial score (nSPS) is 9.94. The topological polar surface area (TPSA) is 68.4 Å². The van der Waals surface area contributed by atoms with Crippen molar-refractivity contribution in [1.29, 1.82) is 0 Å². The molecule has 5 heteroatoms. The number of esters is 2. The summed E-state index contributed by atoms with van der Waals surface area (Å²) in [5, 5.41) is 0. The second-order valence-electron chi connectivity index (χ2n) is 3.18. The average Bonchev–Trinajstić information content (AvgIpc) is 2.61. The third-order valence-corrected chi connectivity index (χ3v) is 1.99. The predicted octanol–water partition coefficient (Wildman–Crippen LogP) is 1.68. The van der Waals surface area contributed by atoms with E-state index in [0.29, 0.717) is 24.5 Å². The quantitative estimate of drug-likeness (QED) is 0.791. The first-order chi connectivity index (χ1) is 7.60. The first-order valence-corrected chi connectivity index (χ1v) is 5.14. The van der Waals surface area contributed by atoms with E-state index in [-0.39, 0.29) is 5.69 Å². The highest BCUT2D eigenvalue weighted by Gasteiger charge is 2.17. The van der Waals surface area contributed by atoms with Crippen LogP contribution in [0.5, 0.6) is 0 Å². The summed E-state index contributed by atoms with van der Waals surface area (Å²) >= 11 is 0. The van der Waals surface area contributed by atoms with E-state index in [0.717, 1.165) is 0 Å². The lowest BCUT2D eigenvalue weighted by atomic mass is 10.2. The van der Waals surface area contributed by atoms with Gasteiger partial charge in [0.1, 0.15) is 11.4 Å². The molecule has 0 aliphatic carbocycles. The number of hydrogen-bond acceptors (Lipinski definition) is 4. The van der Waals surface area contributed by atoms with Crippen LogP contribution < -0.4 is 0 Å². The molecule has 88 valence electrons. The van der Waals surface area contributed by atoms with Crippen LogP contribution in [0.4, 0.5) is 0 Å². The van der Waals surface area contributed by atoms with Crippen molar-refractivity contribution in [1.82, 2.24) is 4.98 Å². The predicted molar refractivity (Wildman–Crippen MR) is 57.4 cm³/mol. The van der Waals surface area contributed by atoms with E-state index >= 15 is 0 Å². The van der Waals surface area contributed by atoms with Gasteiger partial charge in [0.2, 0.25) is 0 Å². The number of aromatic nitrogens is 1. The summed E-state index contributed by atoms with van der Waals surface area (Å²) < 4.78 is 9.65. The summed E-state index contributed by atoms with van der Waals surface area (Å²) in [7, 11) is 0. The van der Waals surface area contributed by atoms with Crippen LogP contribution in [0.1, 0.15) is 40.4 Å². The highest BCUT2D eigenvalue weighted by Crippen LogP contribution is 2.12. The van der Waals surface area contributed by atoms with Crippen molar-refractivity contribution in [2.24, 2.45) is 0 Å². The Balaban J connectivity index is 2.89. The molecule has 0 aliphatic heterocycles. The highest BCUT2D eigenvalue weighted by atomic mass is 16.5. The zero-order valence-electron chi connectivity index (χ0n) is 9.62. The zero-order valence-corrected chi connectivity index (χ0v) is 9.62. The Labute approximate surface area is 93.7 Å². The first-order valence-electron chi connectivity index (χ1n) is 5.14. The molecule has 5 nitrogen and oxygen atoms in total. The molecule has 16 heavy (non-hydrogen) atoms. The molecule has 0 unspecified atom stereocenters. The average molecular weight is 225 g/mol. The molecular formula is C11H15NO4. The van der Waals surface area contributed by atoms with Gasteiger partial charge in [-0.05, 0) is 32.4 Å². The van der Waals surface area contributed by atoms with E-state index in [1.54, 1.807) is 26.8 Å². The number of carbonyl (C=O) groups excluding carboxylic acids is 2. The third kappa shape index (κ3) is 2.62. The fourth-order valence-corrected chi connectivity index (χ4v) is 1.29. The second-order valence-corrected chi connectivity index (χ2v) is 3.18. The third-order valence-electron chi connectivity index (χ3n) is 1.99. The van der Waals surface area contributed by atoms with Gasteiger partial charge < -0.3 is 14.5 Å². The maximum Gasteiger partial charge on any atom is 0.355 e. The molecule has 1 rings (SSSR count). The Kier molecular flexibility index (Phi) is 4.10. The van der Waals surface area contributed by atoms with Crippen molar-refractivity contribution in [3.8, 4) is 0 Å². The Morgan fingerprint density at radius 1 is 1.19 bits per heavy atom. The molecule has 0 saturated carbocycles. The molecule has 0 spiro atoms. The van der Waals surface area contributed by atoms with E-state index in [9.17, 15) is 9.59 Å². The van der Waals surface area contributed by atoms with Crippen molar-refractivity contribution in [3.05, 3.63) is 23.0 Å². The van der Waals surface area contributed by atoms with Crippen LogP contribution in [0.15, 0.2) is 6.07 Å². The smallest absolute Gasteiger partial charge is 0.355 e. The molecule has 0 aromatic carbocycles. The van der Waals surface area contributed by atoms with E-state index < -0.39 is 11.9 Å². The lowest BCUT2D eigenvalue weighted by molar-refractivity contribution is 0.0516. The van der Waals surface area contributed by atoms with E-state index in [2.05, 4.69) is 4.98 Å². The van der Waals surface area contributed by atoms with Gasteiger partial charge in [-0.25, -0.2) is 9.59 Å². The number of rotatable bonds is 4. The molecular weight excluding hydrogens is 210 g/mol. The van der Waals surface area contributed by atoms with Crippen LogP contribution in [0.3, 0.4) is 0 Å². The van der Waals surface area contributed by atoms with Gasteiger partial charge in [0, 0.05) is 0 Å². The van der Waals surface area contributed by atoms with Crippen molar-refractivity contribution in [2.45, 2.75) is 20.8 Å². The van der Waals surface area contributed by atoms with Crippen LogP contribution in [0.25, 0.3) is 0 Å². The minimum Gasteiger partial charge on any atom is -0.461 e. The molecule has 1 N–H and O–H groups in total. The summed E-state index contributed by atoms with van der Waals surface area (Å²) in [6.45, 7) is 5.77. The summed E-state index contributed by atoms with van der Waals surface area (Å²) in [5.74, 6) is -0.934. The number of nitrogens with one attached hydrogen (secondary N) is 1. The van der Waals surface area contributed by atoms with Crippen LogP contribution in [0.2, 0.25) is 0 Å². The van der Waals surface area contributed by atoms with Gasteiger partial charge in [-0.2, -0.15) is 0 Å². The number of carbonyl (C=O) groups is 2. The van der Waals surface area contributed by atoms with Crippen molar-refractivity contribution in [2.75, 3.05) is 13.2 Å². The van der Waals surface area contributed by atoms with Gasteiger partial charge in [0.25, 0.3) is 0 Å². The standard InChI is InChI=1S/C11H15NO4/c1-4-15-10(13)8-6-7(3)9(12-8)11(14)16-5-2/h6,12H,4-5H2,1-3H3. The molecule has 0 fully saturated rings. The molecule has 0 bridgehead atoms. The van der Waals surface area contributed by atoms with Gasteiger partial charge in [-0.15, -0.1) is 0 Å². The summed E-state index contributed by atoms with van der Waals surface area (Å²) in [4.78, 5) is 25.5. The van der Waals surface area contributed by atoms with Crippen molar-refractivity contribution in [3.63, 3.8) is 0 Å².